The lowest BCUT2D eigenvalue weighted by molar-refractivity contribution is -0.121. The first-order chi connectivity index (χ1) is 12.3. The Hall–Kier alpha value is -2.35. The van der Waals surface area contributed by atoms with Crippen LogP contribution in [0.1, 0.15) is 55.6 Å². The first kappa shape index (κ1) is 17.5. The van der Waals surface area contributed by atoms with Crippen LogP contribution in [-0.2, 0) is 4.79 Å². The molecule has 25 heavy (non-hydrogen) atoms. The van der Waals surface area contributed by atoms with E-state index in [4.69, 9.17) is 0 Å². The molecule has 1 aliphatic carbocycles. The van der Waals surface area contributed by atoms with Crippen molar-refractivity contribution in [2.75, 3.05) is 6.54 Å². The molecule has 0 radical (unpaired) electrons. The molecule has 0 saturated carbocycles. The summed E-state index contributed by atoms with van der Waals surface area (Å²) < 4.78 is 0. The standard InChI is InChI=1S/C23H27NO/c25-23(24-17-16-19-10-4-1-5-11-19)18-22(20-12-6-2-7-13-20)21-14-8-3-9-15-21/h2-3,6-10,12-15,22H,1,4-5,11,16-18H2,(H,24,25). The molecule has 130 valence electrons. The third-order valence-electron chi connectivity index (χ3n) is 4.95. The fourth-order valence-corrected chi connectivity index (χ4v) is 3.55. The predicted molar refractivity (Wildman–Crippen MR) is 104 cm³/mol. The molecule has 0 aromatic heterocycles. The first-order valence-corrected chi connectivity index (χ1v) is 9.37. The van der Waals surface area contributed by atoms with Gasteiger partial charge in [0.2, 0.25) is 5.91 Å². The molecule has 2 aromatic carbocycles. The summed E-state index contributed by atoms with van der Waals surface area (Å²) in [6, 6.07) is 20.6. The topological polar surface area (TPSA) is 29.1 Å². The number of carbonyl (C=O) groups is 1. The minimum absolute atomic E-state index is 0.108. The summed E-state index contributed by atoms with van der Waals surface area (Å²) in [6.45, 7) is 0.751. The highest BCUT2D eigenvalue weighted by molar-refractivity contribution is 5.77. The van der Waals surface area contributed by atoms with Crippen LogP contribution < -0.4 is 5.32 Å². The molecular formula is C23H27NO. The molecule has 1 amide bonds. The van der Waals surface area contributed by atoms with Crippen molar-refractivity contribution in [1.29, 1.82) is 0 Å². The van der Waals surface area contributed by atoms with Crippen LogP contribution in [0.4, 0.5) is 0 Å². The maximum absolute atomic E-state index is 12.5. The lowest BCUT2D eigenvalue weighted by Gasteiger charge is -2.18. The molecule has 0 fully saturated rings. The van der Waals surface area contributed by atoms with Crippen molar-refractivity contribution in [2.24, 2.45) is 0 Å². The summed E-state index contributed by atoms with van der Waals surface area (Å²) in [4.78, 5) is 12.5. The van der Waals surface area contributed by atoms with Crippen molar-refractivity contribution < 1.29 is 4.79 Å². The number of allylic oxidation sites excluding steroid dienone is 1. The smallest absolute Gasteiger partial charge is 0.220 e. The number of hydrogen-bond donors (Lipinski definition) is 1. The number of rotatable bonds is 7. The van der Waals surface area contributed by atoms with Crippen LogP contribution in [0.5, 0.6) is 0 Å². The first-order valence-electron chi connectivity index (χ1n) is 9.37. The number of carbonyl (C=O) groups excluding carboxylic acids is 1. The van der Waals surface area contributed by atoms with Crippen LogP contribution in [0, 0.1) is 0 Å². The fraction of sp³-hybridized carbons (Fsp3) is 0.348. The van der Waals surface area contributed by atoms with Crippen molar-refractivity contribution in [3.8, 4) is 0 Å². The highest BCUT2D eigenvalue weighted by Gasteiger charge is 2.17. The van der Waals surface area contributed by atoms with Crippen molar-refractivity contribution in [3.63, 3.8) is 0 Å². The van der Waals surface area contributed by atoms with Crippen molar-refractivity contribution in [1.82, 2.24) is 5.32 Å². The Balaban J connectivity index is 1.60. The van der Waals surface area contributed by atoms with Gasteiger partial charge in [0, 0.05) is 18.9 Å². The van der Waals surface area contributed by atoms with Gasteiger partial charge in [-0.1, -0.05) is 72.3 Å². The molecule has 2 aromatic rings. The van der Waals surface area contributed by atoms with E-state index in [2.05, 4.69) is 35.7 Å². The zero-order chi connectivity index (χ0) is 17.3. The van der Waals surface area contributed by atoms with Gasteiger partial charge in [0.25, 0.3) is 0 Å². The Morgan fingerprint density at radius 3 is 2.12 bits per heavy atom. The van der Waals surface area contributed by atoms with E-state index in [0.717, 1.165) is 13.0 Å². The molecular weight excluding hydrogens is 306 g/mol. The van der Waals surface area contributed by atoms with Gasteiger partial charge in [-0.3, -0.25) is 4.79 Å². The van der Waals surface area contributed by atoms with Gasteiger partial charge in [0.15, 0.2) is 0 Å². The molecule has 0 saturated heterocycles. The van der Waals surface area contributed by atoms with E-state index in [0.29, 0.717) is 6.42 Å². The van der Waals surface area contributed by atoms with E-state index in [9.17, 15) is 4.79 Å². The second-order valence-corrected chi connectivity index (χ2v) is 6.79. The number of hydrogen-bond acceptors (Lipinski definition) is 1. The van der Waals surface area contributed by atoms with Gasteiger partial charge in [-0.05, 0) is 43.2 Å². The zero-order valence-corrected chi connectivity index (χ0v) is 14.8. The SMILES string of the molecule is O=C(CC(c1ccccc1)c1ccccc1)NCCC1=CCCCC1. The van der Waals surface area contributed by atoms with Crippen LogP contribution in [0.2, 0.25) is 0 Å². The molecule has 3 rings (SSSR count). The molecule has 0 spiro atoms. The normalized spacial score (nSPS) is 14.2. The maximum Gasteiger partial charge on any atom is 0.220 e. The van der Waals surface area contributed by atoms with E-state index < -0.39 is 0 Å². The monoisotopic (exact) mass is 333 g/mol. The van der Waals surface area contributed by atoms with E-state index in [1.165, 1.54) is 42.4 Å². The lowest BCUT2D eigenvalue weighted by atomic mass is 9.88. The molecule has 0 unspecified atom stereocenters. The van der Waals surface area contributed by atoms with E-state index >= 15 is 0 Å². The Morgan fingerprint density at radius 2 is 1.56 bits per heavy atom. The summed E-state index contributed by atoms with van der Waals surface area (Å²) in [5.74, 6) is 0.241. The largest absolute Gasteiger partial charge is 0.356 e. The van der Waals surface area contributed by atoms with Gasteiger partial charge < -0.3 is 5.32 Å². The van der Waals surface area contributed by atoms with Crippen molar-refractivity contribution >= 4 is 5.91 Å². The molecule has 2 heteroatoms. The second kappa shape index (κ2) is 9.22. The number of nitrogens with one attached hydrogen (secondary N) is 1. The van der Waals surface area contributed by atoms with E-state index in [1.807, 2.05) is 36.4 Å². The molecule has 2 nitrogen and oxygen atoms in total. The van der Waals surface area contributed by atoms with Crippen molar-refractivity contribution in [3.05, 3.63) is 83.4 Å². The minimum atomic E-state index is 0.108. The highest BCUT2D eigenvalue weighted by Crippen LogP contribution is 2.27. The second-order valence-electron chi connectivity index (χ2n) is 6.79. The Bertz CT molecular complexity index is 651. The van der Waals surface area contributed by atoms with E-state index in [-0.39, 0.29) is 11.8 Å². The van der Waals surface area contributed by atoms with Gasteiger partial charge >= 0.3 is 0 Å². The Labute approximate surface area is 151 Å². The van der Waals surface area contributed by atoms with Crippen LogP contribution in [-0.4, -0.2) is 12.5 Å². The maximum atomic E-state index is 12.5. The summed E-state index contributed by atoms with van der Waals surface area (Å²) in [5.41, 5.74) is 3.90. The molecule has 1 aliphatic rings. The Kier molecular flexibility index (Phi) is 6.44. The summed E-state index contributed by atoms with van der Waals surface area (Å²) >= 11 is 0. The molecule has 0 aliphatic heterocycles. The third kappa shape index (κ3) is 5.32. The van der Waals surface area contributed by atoms with Gasteiger partial charge in [0.1, 0.15) is 0 Å². The summed E-state index contributed by atoms with van der Waals surface area (Å²) in [5, 5.41) is 3.12. The van der Waals surface area contributed by atoms with Gasteiger partial charge in [-0.25, -0.2) is 0 Å². The number of amides is 1. The quantitative estimate of drug-likeness (QED) is 0.692. The fourth-order valence-electron chi connectivity index (χ4n) is 3.55. The number of benzene rings is 2. The van der Waals surface area contributed by atoms with Crippen molar-refractivity contribution in [2.45, 2.75) is 44.4 Å². The van der Waals surface area contributed by atoms with Crippen LogP contribution >= 0.6 is 0 Å². The van der Waals surface area contributed by atoms with Gasteiger partial charge in [0.05, 0.1) is 0 Å². The van der Waals surface area contributed by atoms with Crippen LogP contribution in [0.3, 0.4) is 0 Å². The predicted octanol–water partition coefficient (Wildman–Crippen LogP) is 5.22. The summed E-state index contributed by atoms with van der Waals surface area (Å²) in [7, 11) is 0. The summed E-state index contributed by atoms with van der Waals surface area (Å²) in [6.07, 6.45) is 8.85. The molecule has 0 heterocycles. The Morgan fingerprint density at radius 1 is 0.920 bits per heavy atom. The lowest BCUT2D eigenvalue weighted by Crippen LogP contribution is -2.26. The average Bonchev–Trinajstić information content (AvgIpc) is 2.68. The molecule has 0 bridgehead atoms. The molecule has 0 atom stereocenters. The minimum Gasteiger partial charge on any atom is -0.356 e. The average molecular weight is 333 g/mol. The van der Waals surface area contributed by atoms with Crippen LogP contribution in [0.15, 0.2) is 72.3 Å². The zero-order valence-electron chi connectivity index (χ0n) is 14.8. The molecule has 1 N–H and O–H groups in total. The van der Waals surface area contributed by atoms with Gasteiger partial charge in [-0.15, -0.1) is 0 Å². The van der Waals surface area contributed by atoms with E-state index in [1.54, 1.807) is 0 Å². The van der Waals surface area contributed by atoms with Crippen LogP contribution in [0.25, 0.3) is 0 Å². The van der Waals surface area contributed by atoms with Gasteiger partial charge in [-0.2, -0.15) is 0 Å². The third-order valence-corrected chi connectivity index (χ3v) is 4.95. The highest BCUT2D eigenvalue weighted by atomic mass is 16.1.